The van der Waals surface area contributed by atoms with Crippen molar-refractivity contribution in [3.63, 3.8) is 0 Å². The molecule has 0 fully saturated rings. The van der Waals surface area contributed by atoms with Gasteiger partial charge in [0.1, 0.15) is 0 Å². The van der Waals surface area contributed by atoms with Crippen LogP contribution in [-0.4, -0.2) is 50.4 Å². The Labute approximate surface area is 178 Å². The maximum absolute atomic E-state index is 12.8. The molecule has 0 saturated carbocycles. The summed E-state index contributed by atoms with van der Waals surface area (Å²) >= 11 is 1.63. The zero-order valence-electron chi connectivity index (χ0n) is 17.1. The Kier molecular flexibility index (Phi) is 6.91. The Balaban J connectivity index is 1.78. The molecule has 1 unspecified atom stereocenters. The van der Waals surface area contributed by atoms with E-state index in [0.717, 1.165) is 13.1 Å². The van der Waals surface area contributed by atoms with Crippen LogP contribution in [0.15, 0.2) is 41.1 Å². The van der Waals surface area contributed by atoms with E-state index in [1.54, 1.807) is 30.4 Å². The maximum Gasteiger partial charge on any atom is 0.273 e. The summed E-state index contributed by atoms with van der Waals surface area (Å²) in [7, 11) is 0. The molecule has 9 nitrogen and oxygen atoms in total. The van der Waals surface area contributed by atoms with Crippen molar-refractivity contribution in [3.8, 4) is 5.69 Å². The summed E-state index contributed by atoms with van der Waals surface area (Å²) in [5.74, 6) is -0.323. The molecular formula is C20H24N6O3S. The number of carbonyl (C=O) groups excluding carboxylic acids is 1. The van der Waals surface area contributed by atoms with E-state index in [4.69, 9.17) is 0 Å². The molecule has 0 aliphatic heterocycles. The van der Waals surface area contributed by atoms with Crippen molar-refractivity contribution in [2.24, 2.45) is 0 Å². The average molecular weight is 429 g/mol. The topological polar surface area (TPSA) is 106 Å². The third kappa shape index (κ3) is 4.55. The van der Waals surface area contributed by atoms with Crippen LogP contribution >= 0.6 is 11.3 Å². The lowest BCUT2D eigenvalue weighted by molar-refractivity contribution is -0.384. The van der Waals surface area contributed by atoms with Gasteiger partial charge in [0.25, 0.3) is 11.6 Å². The highest BCUT2D eigenvalue weighted by atomic mass is 32.1. The maximum atomic E-state index is 12.8. The monoisotopic (exact) mass is 428 g/mol. The van der Waals surface area contributed by atoms with Crippen molar-refractivity contribution in [1.82, 2.24) is 25.2 Å². The van der Waals surface area contributed by atoms with E-state index in [-0.39, 0.29) is 23.3 Å². The van der Waals surface area contributed by atoms with Gasteiger partial charge in [-0.15, -0.1) is 5.10 Å². The molecule has 1 N–H and O–H groups in total. The highest BCUT2D eigenvalue weighted by molar-refractivity contribution is 7.07. The predicted octanol–water partition coefficient (Wildman–Crippen LogP) is 3.36. The SMILES string of the molecule is CCN(CC)C(CNC(=O)c1nnn(-c2cccc([N+](=O)[O-])c2)c1C)c1ccsc1. The van der Waals surface area contributed by atoms with Gasteiger partial charge in [-0.1, -0.05) is 25.1 Å². The molecule has 2 aromatic heterocycles. The Hall–Kier alpha value is -3.11. The second kappa shape index (κ2) is 9.59. The van der Waals surface area contributed by atoms with E-state index < -0.39 is 4.92 Å². The van der Waals surface area contributed by atoms with Crippen molar-refractivity contribution < 1.29 is 9.72 Å². The van der Waals surface area contributed by atoms with Gasteiger partial charge in [-0.3, -0.25) is 19.8 Å². The number of benzene rings is 1. The fourth-order valence-electron chi connectivity index (χ4n) is 3.38. The van der Waals surface area contributed by atoms with Crippen LogP contribution in [0.1, 0.15) is 41.6 Å². The van der Waals surface area contributed by atoms with Gasteiger partial charge < -0.3 is 5.32 Å². The van der Waals surface area contributed by atoms with Crippen molar-refractivity contribution in [3.05, 3.63) is 68.2 Å². The number of rotatable bonds is 9. The number of likely N-dealkylation sites (N-methyl/N-ethyl adjacent to an activating group) is 1. The fourth-order valence-corrected chi connectivity index (χ4v) is 4.09. The zero-order chi connectivity index (χ0) is 21.7. The molecule has 1 aromatic carbocycles. The molecular weight excluding hydrogens is 404 g/mol. The largest absolute Gasteiger partial charge is 0.349 e. The van der Waals surface area contributed by atoms with Crippen molar-refractivity contribution in [2.75, 3.05) is 19.6 Å². The molecule has 3 rings (SSSR count). The molecule has 0 saturated heterocycles. The highest BCUT2D eigenvalue weighted by Gasteiger charge is 2.22. The summed E-state index contributed by atoms with van der Waals surface area (Å²) in [6.07, 6.45) is 0. The van der Waals surface area contributed by atoms with E-state index in [9.17, 15) is 14.9 Å². The summed E-state index contributed by atoms with van der Waals surface area (Å²) in [6.45, 7) is 8.09. The van der Waals surface area contributed by atoms with E-state index in [1.807, 2.05) is 5.38 Å². The summed E-state index contributed by atoms with van der Waals surface area (Å²) < 4.78 is 1.43. The Bertz CT molecular complexity index is 1010. The van der Waals surface area contributed by atoms with Gasteiger partial charge in [-0.25, -0.2) is 4.68 Å². The number of carbonyl (C=O) groups is 1. The van der Waals surface area contributed by atoms with Gasteiger partial charge in [0.15, 0.2) is 5.69 Å². The number of nitrogens with one attached hydrogen (secondary N) is 1. The molecule has 0 bridgehead atoms. The first-order valence-electron chi connectivity index (χ1n) is 9.67. The molecule has 10 heteroatoms. The summed E-state index contributed by atoms with van der Waals surface area (Å²) in [6, 6.07) is 8.20. The first-order valence-corrected chi connectivity index (χ1v) is 10.6. The third-order valence-electron chi connectivity index (χ3n) is 5.03. The molecule has 0 aliphatic rings. The number of nitro benzene ring substituents is 1. The lowest BCUT2D eigenvalue weighted by Gasteiger charge is -2.29. The molecule has 1 atom stereocenters. The lowest BCUT2D eigenvalue weighted by atomic mass is 10.1. The Morgan fingerprint density at radius 1 is 1.33 bits per heavy atom. The number of hydrogen-bond acceptors (Lipinski definition) is 7. The minimum atomic E-state index is -0.471. The first kappa shape index (κ1) is 21.6. The van der Waals surface area contributed by atoms with Crippen LogP contribution in [0.2, 0.25) is 0 Å². The van der Waals surface area contributed by atoms with Gasteiger partial charge in [0, 0.05) is 18.7 Å². The van der Waals surface area contributed by atoms with Crippen LogP contribution in [0.25, 0.3) is 5.69 Å². The molecule has 0 spiro atoms. The highest BCUT2D eigenvalue weighted by Crippen LogP contribution is 2.23. The molecule has 3 aromatic rings. The zero-order valence-corrected chi connectivity index (χ0v) is 17.9. The molecule has 0 aliphatic carbocycles. The van der Waals surface area contributed by atoms with E-state index in [1.165, 1.54) is 22.4 Å². The van der Waals surface area contributed by atoms with Crippen molar-refractivity contribution >= 4 is 22.9 Å². The second-order valence-electron chi connectivity index (χ2n) is 6.72. The summed E-state index contributed by atoms with van der Waals surface area (Å²) in [4.78, 5) is 25.7. The normalized spacial score (nSPS) is 12.1. The molecule has 30 heavy (non-hydrogen) atoms. The number of non-ortho nitro benzene ring substituents is 1. The van der Waals surface area contributed by atoms with Gasteiger partial charge >= 0.3 is 0 Å². The van der Waals surface area contributed by atoms with Crippen LogP contribution in [0.3, 0.4) is 0 Å². The number of nitrogens with zero attached hydrogens (tertiary/aromatic N) is 5. The number of thiophene rings is 1. The van der Waals surface area contributed by atoms with Gasteiger partial charge in [-0.05, 0) is 48.5 Å². The summed E-state index contributed by atoms with van der Waals surface area (Å²) in [5.41, 5.74) is 2.31. The second-order valence-corrected chi connectivity index (χ2v) is 7.50. The number of nitro groups is 1. The minimum Gasteiger partial charge on any atom is -0.349 e. The van der Waals surface area contributed by atoms with E-state index >= 15 is 0 Å². The molecule has 158 valence electrons. The lowest BCUT2D eigenvalue weighted by Crippen LogP contribution is -2.38. The molecule has 1 amide bonds. The van der Waals surface area contributed by atoms with Crippen LogP contribution in [0.4, 0.5) is 5.69 Å². The van der Waals surface area contributed by atoms with E-state index in [0.29, 0.717) is 17.9 Å². The number of hydrogen-bond donors (Lipinski definition) is 1. The standard InChI is InChI=1S/C20H24N6O3S/c1-4-24(5-2)18(15-9-10-30-13-15)12-21-20(27)19-14(3)25(23-22-19)16-7-6-8-17(11-16)26(28)29/h6-11,13,18H,4-5,12H2,1-3H3,(H,21,27). The van der Waals surface area contributed by atoms with Crippen LogP contribution < -0.4 is 5.32 Å². The van der Waals surface area contributed by atoms with Crippen molar-refractivity contribution in [1.29, 1.82) is 0 Å². The minimum absolute atomic E-state index is 0.0498. The average Bonchev–Trinajstić information content (AvgIpc) is 3.41. The van der Waals surface area contributed by atoms with Crippen LogP contribution in [-0.2, 0) is 0 Å². The quantitative estimate of drug-likeness (QED) is 0.414. The number of amides is 1. The smallest absolute Gasteiger partial charge is 0.273 e. The van der Waals surface area contributed by atoms with Gasteiger partial charge in [-0.2, -0.15) is 11.3 Å². The van der Waals surface area contributed by atoms with Crippen LogP contribution in [0, 0.1) is 17.0 Å². The van der Waals surface area contributed by atoms with Crippen molar-refractivity contribution in [2.45, 2.75) is 26.8 Å². The number of aromatic nitrogens is 3. The van der Waals surface area contributed by atoms with Gasteiger partial charge in [0.2, 0.25) is 0 Å². The Morgan fingerprint density at radius 2 is 2.10 bits per heavy atom. The Morgan fingerprint density at radius 3 is 2.73 bits per heavy atom. The van der Waals surface area contributed by atoms with Crippen LogP contribution in [0.5, 0.6) is 0 Å². The fraction of sp³-hybridized carbons (Fsp3) is 0.350. The molecule has 0 radical (unpaired) electrons. The van der Waals surface area contributed by atoms with Gasteiger partial charge in [0.05, 0.1) is 22.3 Å². The molecule has 2 heterocycles. The first-order chi connectivity index (χ1) is 14.5. The third-order valence-corrected chi connectivity index (χ3v) is 5.73. The summed E-state index contributed by atoms with van der Waals surface area (Å²) in [5, 5.41) is 26.2. The van der Waals surface area contributed by atoms with E-state index in [2.05, 4.69) is 45.8 Å². The predicted molar refractivity (Wildman–Crippen MR) is 115 cm³/mol.